The maximum Gasteiger partial charge on any atom is 0.351 e. The summed E-state index contributed by atoms with van der Waals surface area (Å²) in [6.07, 6.45) is 0. The number of ether oxygens (including phenoxy) is 2. The van der Waals surface area contributed by atoms with Crippen molar-refractivity contribution in [3.63, 3.8) is 0 Å². The lowest BCUT2D eigenvalue weighted by atomic mass is 10.2. The molecule has 114 valence electrons. The van der Waals surface area contributed by atoms with E-state index in [4.69, 9.17) is 20.8 Å². The number of methoxy groups -OCH3 is 2. The number of carbonyl (C=O) groups excluding carboxylic acids is 1. The minimum absolute atomic E-state index is 0.112. The maximum atomic E-state index is 11.5. The Bertz CT molecular complexity index is 625. The van der Waals surface area contributed by atoms with Gasteiger partial charge in [-0.15, -0.1) is 0 Å². The first-order valence-corrected chi connectivity index (χ1v) is 7.31. The normalized spacial score (nSPS) is 12.2. The van der Waals surface area contributed by atoms with Gasteiger partial charge in [0.15, 0.2) is 15.2 Å². The molecule has 0 aliphatic carbocycles. The number of nitrogens with one attached hydrogen (secondary N) is 1. The van der Waals surface area contributed by atoms with Crippen molar-refractivity contribution < 1.29 is 18.7 Å². The van der Waals surface area contributed by atoms with Crippen molar-refractivity contribution in [3.05, 3.63) is 33.7 Å². The van der Waals surface area contributed by atoms with E-state index in [0.717, 1.165) is 22.9 Å². The lowest BCUT2D eigenvalue weighted by Crippen LogP contribution is -2.15. The van der Waals surface area contributed by atoms with E-state index in [2.05, 4.69) is 15.0 Å². The number of thiazole rings is 1. The summed E-state index contributed by atoms with van der Waals surface area (Å²) < 4.78 is 15.4. The van der Waals surface area contributed by atoms with Crippen LogP contribution in [0.4, 0.5) is 5.13 Å². The van der Waals surface area contributed by atoms with Crippen LogP contribution in [0.25, 0.3) is 0 Å². The second-order valence-electron chi connectivity index (χ2n) is 4.23. The molecule has 21 heavy (non-hydrogen) atoms. The number of carbonyl (C=O) groups is 1. The van der Waals surface area contributed by atoms with Crippen LogP contribution in [-0.4, -0.2) is 31.8 Å². The zero-order valence-corrected chi connectivity index (χ0v) is 13.4. The van der Waals surface area contributed by atoms with E-state index >= 15 is 0 Å². The van der Waals surface area contributed by atoms with E-state index in [1.54, 1.807) is 7.11 Å². The number of hydrogen-bond acceptors (Lipinski definition) is 7. The van der Waals surface area contributed by atoms with Gasteiger partial charge < -0.3 is 19.2 Å². The molecule has 0 aromatic carbocycles. The van der Waals surface area contributed by atoms with Gasteiger partial charge in [0.2, 0.25) is 0 Å². The number of halogens is 1. The first-order chi connectivity index (χ1) is 10.0. The summed E-state index contributed by atoms with van der Waals surface area (Å²) in [5, 5.41) is 3.76. The van der Waals surface area contributed by atoms with E-state index in [1.165, 1.54) is 7.11 Å². The topological polar surface area (TPSA) is 73.6 Å². The maximum absolute atomic E-state index is 11.5. The number of anilines is 1. The standard InChI is InChI=1S/C13H15ClN2O4S/c1-7-4-5-9(20-7)8(6-18-2)15-13-16-11(14)10(21-13)12(17)19-3/h4-5,8H,6H2,1-3H3,(H,15,16). The highest BCUT2D eigenvalue weighted by atomic mass is 35.5. The minimum Gasteiger partial charge on any atom is -0.465 e. The minimum atomic E-state index is -0.511. The Morgan fingerprint density at radius 3 is 2.86 bits per heavy atom. The lowest BCUT2D eigenvalue weighted by Gasteiger charge is -2.14. The van der Waals surface area contributed by atoms with Gasteiger partial charge in [-0.25, -0.2) is 9.78 Å². The molecule has 1 atom stereocenters. The van der Waals surface area contributed by atoms with E-state index < -0.39 is 5.97 Å². The summed E-state index contributed by atoms with van der Waals surface area (Å²) >= 11 is 7.05. The van der Waals surface area contributed by atoms with Gasteiger partial charge in [-0.1, -0.05) is 22.9 Å². The van der Waals surface area contributed by atoms with Crippen LogP contribution in [0.5, 0.6) is 0 Å². The average Bonchev–Trinajstić information content (AvgIpc) is 3.04. The third kappa shape index (κ3) is 3.75. The summed E-state index contributed by atoms with van der Waals surface area (Å²) in [7, 11) is 2.89. The second kappa shape index (κ2) is 6.93. The van der Waals surface area contributed by atoms with Crippen LogP contribution in [0.15, 0.2) is 16.5 Å². The Kier molecular flexibility index (Phi) is 5.22. The number of hydrogen-bond donors (Lipinski definition) is 1. The fourth-order valence-corrected chi connectivity index (χ4v) is 2.89. The van der Waals surface area contributed by atoms with Crippen molar-refractivity contribution in [1.29, 1.82) is 0 Å². The van der Waals surface area contributed by atoms with E-state index in [0.29, 0.717) is 11.7 Å². The second-order valence-corrected chi connectivity index (χ2v) is 5.59. The van der Waals surface area contributed by atoms with Crippen molar-refractivity contribution in [3.8, 4) is 0 Å². The molecule has 0 aliphatic rings. The zero-order chi connectivity index (χ0) is 15.4. The van der Waals surface area contributed by atoms with Crippen LogP contribution in [0.1, 0.15) is 27.2 Å². The molecular weight excluding hydrogens is 316 g/mol. The van der Waals surface area contributed by atoms with Crippen LogP contribution >= 0.6 is 22.9 Å². The molecule has 6 nitrogen and oxygen atoms in total. The van der Waals surface area contributed by atoms with Crippen LogP contribution in [0.2, 0.25) is 5.15 Å². The summed E-state index contributed by atoms with van der Waals surface area (Å²) in [5.41, 5.74) is 0. The number of aromatic nitrogens is 1. The quantitative estimate of drug-likeness (QED) is 0.819. The third-order valence-corrected chi connectivity index (χ3v) is 4.04. The molecule has 2 heterocycles. The fraction of sp³-hybridized carbons (Fsp3) is 0.385. The molecule has 2 aromatic heterocycles. The monoisotopic (exact) mass is 330 g/mol. The first-order valence-electron chi connectivity index (χ1n) is 6.11. The predicted octanol–water partition coefficient (Wildman–Crippen LogP) is 3.28. The van der Waals surface area contributed by atoms with Gasteiger partial charge in [0, 0.05) is 7.11 Å². The van der Waals surface area contributed by atoms with E-state index in [9.17, 15) is 4.79 Å². The lowest BCUT2D eigenvalue weighted by molar-refractivity contribution is 0.0606. The molecule has 0 radical (unpaired) electrons. The SMILES string of the molecule is COCC(Nc1nc(Cl)c(C(=O)OC)s1)c1ccc(C)o1. The molecule has 0 saturated carbocycles. The Morgan fingerprint density at radius 1 is 1.52 bits per heavy atom. The number of esters is 1. The van der Waals surface area contributed by atoms with Gasteiger partial charge in [0.05, 0.1) is 13.7 Å². The highest BCUT2D eigenvalue weighted by molar-refractivity contribution is 7.18. The van der Waals surface area contributed by atoms with Crippen LogP contribution in [0, 0.1) is 6.92 Å². The Balaban J connectivity index is 2.19. The summed E-state index contributed by atoms with van der Waals surface area (Å²) in [6, 6.07) is 3.51. The number of furan rings is 1. The van der Waals surface area contributed by atoms with Crippen molar-refractivity contribution in [2.24, 2.45) is 0 Å². The summed E-state index contributed by atoms with van der Waals surface area (Å²) in [5.74, 6) is 1.02. The van der Waals surface area contributed by atoms with Crippen molar-refractivity contribution >= 4 is 34.0 Å². The van der Waals surface area contributed by atoms with E-state index in [1.807, 2.05) is 19.1 Å². The highest BCUT2D eigenvalue weighted by Gasteiger charge is 2.21. The van der Waals surface area contributed by atoms with Crippen LogP contribution in [-0.2, 0) is 9.47 Å². The largest absolute Gasteiger partial charge is 0.465 e. The molecule has 0 amide bonds. The Morgan fingerprint density at radius 2 is 2.29 bits per heavy atom. The number of aryl methyl sites for hydroxylation is 1. The molecule has 0 saturated heterocycles. The molecule has 8 heteroatoms. The number of nitrogens with zero attached hydrogens (tertiary/aromatic N) is 1. The third-order valence-electron chi connectivity index (χ3n) is 2.69. The first kappa shape index (κ1) is 15.8. The number of rotatable bonds is 6. The van der Waals surface area contributed by atoms with Crippen LogP contribution < -0.4 is 5.32 Å². The Labute approximate surface area is 131 Å². The molecule has 1 unspecified atom stereocenters. The average molecular weight is 331 g/mol. The van der Waals surface area contributed by atoms with E-state index in [-0.39, 0.29) is 16.1 Å². The van der Waals surface area contributed by atoms with Gasteiger partial charge in [0.1, 0.15) is 17.6 Å². The van der Waals surface area contributed by atoms with Gasteiger partial charge in [-0.2, -0.15) is 0 Å². The fourth-order valence-electron chi connectivity index (χ4n) is 1.73. The molecule has 0 spiro atoms. The molecule has 2 aromatic rings. The van der Waals surface area contributed by atoms with Crippen LogP contribution in [0.3, 0.4) is 0 Å². The summed E-state index contributed by atoms with van der Waals surface area (Å²) in [4.78, 5) is 15.9. The van der Waals surface area contributed by atoms with Crippen molar-refractivity contribution in [2.75, 3.05) is 26.1 Å². The highest BCUT2D eigenvalue weighted by Crippen LogP contribution is 2.30. The molecule has 1 N–H and O–H groups in total. The Hall–Kier alpha value is -1.57. The van der Waals surface area contributed by atoms with Gasteiger partial charge >= 0.3 is 5.97 Å². The molecule has 0 fully saturated rings. The van der Waals surface area contributed by atoms with Gasteiger partial charge in [0.25, 0.3) is 0 Å². The molecule has 0 aliphatic heterocycles. The zero-order valence-electron chi connectivity index (χ0n) is 11.8. The summed E-state index contributed by atoms with van der Waals surface area (Å²) in [6.45, 7) is 2.25. The smallest absolute Gasteiger partial charge is 0.351 e. The van der Waals surface area contributed by atoms with Crippen molar-refractivity contribution in [1.82, 2.24) is 4.98 Å². The molecular formula is C13H15ClN2O4S. The van der Waals surface area contributed by atoms with Crippen molar-refractivity contribution in [2.45, 2.75) is 13.0 Å². The van der Waals surface area contributed by atoms with Gasteiger partial charge in [-0.3, -0.25) is 0 Å². The predicted molar refractivity (Wildman–Crippen MR) is 80.1 cm³/mol. The van der Waals surface area contributed by atoms with Gasteiger partial charge in [-0.05, 0) is 19.1 Å². The molecule has 2 rings (SSSR count). The molecule has 0 bridgehead atoms.